The minimum Gasteiger partial charge on any atom is -0.351 e. The molecule has 0 saturated heterocycles. The van der Waals surface area contributed by atoms with Crippen molar-refractivity contribution >= 4 is 27.5 Å². The molecule has 1 amide bonds. The molecule has 2 aromatic rings. The Morgan fingerprint density at radius 3 is 2.41 bits per heavy atom. The maximum atomic E-state index is 12.1. The van der Waals surface area contributed by atoms with Gasteiger partial charge in [0.2, 0.25) is 10.0 Å². The monoisotopic (exact) mass is 340 g/mol. The Balaban J connectivity index is 2.12. The summed E-state index contributed by atoms with van der Waals surface area (Å²) < 4.78 is 28.1. The van der Waals surface area contributed by atoms with Crippen molar-refractivity contribution in [3.05, 3.63) is 58.4 Å². The fourth-order valence-electron chi connectivity index (χ4n) is 2.17. The van der Waals surface area contributed by atoms with E-state index in [0.717, 1.165) is 12.2 Å². The second-order valence-electron chi connectivity index (χ2n) is 4.92. The van der Waals surface area contributed by atoms with Crippen molar-refractivity contribution in [3.8, 4) is 0 Å². The summed E-state index contributed by atoms with van der Waals surface area (Å²) in [6.45, 7) is 4.45. The van der Waals surface area contributed by atoms with Crippen LogP contribution in [0.1, 0.15) is 28.5 Å². The van der Waals surface area contributed by atoms with Crippen LogP contribution in [0.4, 0.5) is 0 Å². The van der Waals surface area contributed by atoms with Crippen LogP contribution in [0.2, 0.25) is 5.02 Å². The first kappa shape index (κ1) is 16.6. The third kappa shape index (κ3) is 3.90. The van der Waals surface area contributed by atoms with Gasteiger partial charge in [0.15, 0.2) is 0 Å². The van der Waals surface area contributed by atoms with E-state index >= 15 is 0 Å². The minimum atomic E-state index is -3.76. The molecule has 0 spiro atoms. The van der Waals surface area contributed by atoms with Crippen molar-refractivity contribution in [2.24, 2.45) is 0 Å². The van der Waals surface area contributed by atoms with Crippen molar-refractivity contribution in [1.82, 2.24) is 9.29 Å². The summed E-state index contributed by atoms with van der Waals surface area (Å²) in [5, 5.41) is 0.529. The number of aromatic nitrogens is 1. The van der Waals surface area contributed by atoms with Gasteiger partial charge in [-0.15, -0.1) is 0 Å². The predicted octanol–water partition coefficient (Wildman–Crippen LogP) is 2.73. The minimum absolute atomic E-state index is 0.274. The zero-order chi connectivity index (χ0) is 16.3. The first-order chi connectivity index (χ1) is 10.3. The van der Waals surface area contributed by atoms with Crippen molar-refractivity contribution in [1.29, 1.82) is 0 Å². The molecule has 0 bridgehead atoms. The van der Waals surface area contributed by atoms with Gasteiger partial charge in [0.05, 0.1) is 11.3 Å². The molecule has 0 atom stereocenters. The van der Waals surface area contributed by atoms with Gasteiger partial charge in [-0.1, -0.05) is 23.7 Å². The first-order valence-corrected chi connectivity index (χ1v) is 8.80. The normalized spacial score (nSPS) is 11.4. The molecular formula is C15H17ClN2O3S. The summed E-state index contributed by atoms with van der Waals surface area (Å²) in [5.74, 6) is -0.887. The average molecular weight is 341 g/mol. The number of nitrogens with zero attached hydrogens (tertiary/aromatic N) is 1. The first-order valence-electron chi connectivity index (χ1n) is 6.77. The fraction of sp³-hybridized carbons (Fsp3) is 0.267. The van der Waals surface area contributed by atoms with Gasteiger partial charge in [-0.05, 0) is 37.6 Å². The molecule has 1 N–H and O–H groups in total. The van der Waals surface area contributed by atoms with Crippen LogP contribution in [-0.4, -0.2) is 18.9 Å². The molecule has 2 rings (SSSR count). The number of hydrogen-bond acceptors (Lipinski definition) is 3. The summed E-state index contributed by atoms with van der Waals surface area (Å²) in [6.07, 6.45) is 1.76. The van der Waals surface area contributed by atoms with Gasteiger partial charge in [-0.2, -0.15) is 0 Å². The molecule has 7 heteroatoms. The largest absolute Gasteiger partial charge is 0.351 e. The Hall–Kier alpha value is -1.79. The number of halogens is 1. The maximum Gasteiger partial charge on any atom is 0.266 e. The van der Waals surface area contributed by atoms with Crippen molar-refractivity contribution in [2.75, 3.05) is 0 Å². The van der Waals surface area contributed by atoms with Gasteiger partial charge in [0.1, 0.15) is 0 Å². The Bertz CT molecular complexity index is 780. The molecule has 1 heterocycles. The van der Waals surface area contributed by atoms with Crippen molar-refractivity contribution in [3.63, 3.8) is 0 Å². The number of sulfonamides is 1. The number of benzene rings is 1. The van der Waals surface area contributed by atoms with E-state index in [1.54, 1.807) is 43.5 Å². The molecule has 5 nitrogen and oxygen atoms in total. The van der Waals surface area contributed by atoms with Crippen LogP contribution in [0.5, 0.6) is 0 Å². The summed E-state index contributed by atoms with van der Waals surface area (Å²) in [6, 6.07) is 8.07. The maximum absolute atomic E-state index is 12.1. The molecular weight excluding hydrogens is 324 g/mol. The van der Waals surface area contributed by atoms with E-state index < -0.39 is 15.9 Å². The van der Waals surface area contributed by atoms with Crippen molar-refractivity contribution < 1.29 is 13.2 Å². The predicted molar refractivity (Wildman–Crippen MR) is 86.4 cm³/mol. The van der Waals surface area contributed by atoms with E-state index in [9.17, 15) is 13.2 Å². The highest BCUT2D eigenvalue weighted by Crippen LogP contribution is 2.13. The van der Waals surface area contributed by atoms with Gasteiger partial charge >= 0.3 is 0 Å². The second kappa shape index (κ2) is 6.54. The topological polar surface area (TPSA) is 68.2 Å². The Morgan fingerprint density at radius 2 is 1.86 bits per heavy atom. The van der Waals surface area contributed by atoms with Crippen LogP contribution in [0.25, 0.3) is 0 Å². The molecule has 1 aromatic heterocycles. The van der Waals surface area contributed by atoms with Crippen LogP contribution in [-0.2, 0) is 22.3 Å². The van der Waals surface area contributed by atoms with Gasteiger partial charge < -0.3 is 4.57 Å². The molecule has 0 saturated carbocycles. The van der Waals surface area contributed by atoms with E-state index in [1.165, 1.54) is 0 Å². The number of rotatable bonds is 5. The van der Waals surface area contributed by atoms with E-state index in [4.69, 9.17) is 11.6 Å². The lowest BCUT2D eigenvalue weighted by molar-refractivity contribution is 0.0980. The highest BCUT2D eigenvalue weighted by molar-refractivity contribution is 7.89. The summed E-state index contributed by atoms with van der Waals surface area (Å²) in [7, 11) is -3.76. The fourth-order valence-corrected chi connectivity index (χ4v) is 3.39. The lowest BCUT2D eigenvalue weighted by Gasteiger charge is -2.08. The van der Waals surface area contributed by atoms with Gasteiger partial charge in [0.25, 0.3) is 5.91 Å². The van der Waals surface area contributed by atoms with Crippen molar-refractivity contribution in [2.45, 2.75) is 26.1 Å². The number of amides is 1. The standard InChI is InChI=1S/C15H17ClN2O3S/c1-3-18-9-8-14(11(18)2)15(19)17-22(20,21)10-12-4-6-13(16)7-5-12/h4-9H,3,10H2,1-2H3,(H,17,19). The summed E-state index contributed by atoms with van der Waals surface area (Å²) >= 11 is 5.76. The highest BCUT2D eigenvalue weighted by atomic mass is 35.5. The van der Waals surface area contributed by atoms with E-state index in [2.05, 4.69) is 4.72 Å². The Kier molecular flexibility index (Phi) is 4.93. The van der Waals surface area contributed by atoms with E-state index in [1.807, 2.05) is 11.5 Å². The summed E-state index contributed by atoms with van der Waals surface area (Å²) in [4.78, 5) is 12.1. The average Bonchev–Trinajstić information content (AvgIpc) is 2.81. The zero-order valence-electron chi connectivity index (χ0n) is 12.3. The number of nitrogens with one attached hydrogen (secondary N) is 1. The zero-order valence-corrected chi connectivity index (χ0v) is 13.9. The molecule has 0 aliphatic heterocycles. The van der Waals surface area contributed by atoms with Crippen LogP contribution >= 0.6 is 11.6 Å². The molecule has 0 unspecified atom stereocenters. The molecule has 1 aromatic carbocycles. The molecule has 0 aliphatic carbocycles. The molecule has 22 heavy (non-hydrogen) atoms. The quantitative estimate of drug-likeness (QED) is 0.910. The van der Waals surface area contributed by atoms with Gasteiger partial charge in [0, 0.05) is 23.5 Å². The third-order valence-corrected chi connectivity index (χ3v) is 4.81. The van der Waals surface area contributed by atoms with E-state index in [-0.39, 0.29) is 5.75 Å². The van der Waals surface area contributed by atoms with Crippen LogP contribution < -0.4 is 4.72 Å². The smallest absolute Gasteiger partial charge is 0.266 e. The SMILES string of the molecule is CCn1ccc(C(=O)NS(=O)(=O)Cc2ccc(Cl)cc2)c1C. The van der Waals surface area contributed by atoms with Crippen LogP contribution in [0.3, 0.4) is 0 Å². The van der Waals surface area contributed by atoms with Crippen LogP contribution in [0.15, 0.2) is 36.5 Å². The lowest BCUT2D eigenvalue weighted by Crippen LogP contribution is -2.31. The Labute approximate surface area is 135 Å². The number of hydrogen-bond donors (Lipinski definition) is 1. The molecule has 0 aliphatic rings. The number of aryl methyl sites for hydroxylation is 1. The third-order valence-electron chi connectivity index (χ3n) is 3.35. The van der Waals surface area contributed by atoms with E-state index in [0.29, 0.717) is 16.1 Å². The van der Waals surface area contributed by atoms with Gasteiger partial charge in [-0.3, -0.25) is 4.79 Å². The summed E-state index contributed by atoms with van der Waals surface area (Å²) in [5.41, 5.74) is 1.66. The molecule has 118 valence electrons. The number of carbonyl (C=O) groups excluding carboxylic acids is 1. The molecule has 0 fully saturated rings. The second-order valence-corrected chi connectivity index (χ2v) is 7.08. The number of carbonyl (C=O) groups is 1. The van der Waals surface area contributed by atoms with Crippen LogP contribution in [0, 0.1) is 6.92 Å². The Morgan fingerprint density at radius 1 is 1.23 bits per heavy atom. The lowest BCUT2D eigenvalue weighted by atomic mass is 10.2. The highest BCUT2D eigenvalue weighted by Gasteiger charge is 2.19. The molecule has 0 radical (unpaired) electrons. The van der Waals surface area contributed by atoms with Gasteiger partial charge in [-0.25, -0.2) is 13.1 Å².